The fourth-order valence-corrected chi connectivity index (χ4v) is 3.25. The molecule has 1 aliphatic carbocycles. The second kappa shape index (κ2) is 6.34. The molecule has 1 saturated heterocycles. The highest BCUT2D eigenvalue weighted by Gasteiger charge is 2.26. The summed E-state index contributed by atoms with van der Waals surface area (Å²) >= 11 is 0. The quantitative estimate of drug-likeness (QED) is 0.864. The van der Waals surface area contributed by atoms with E-state index in [1.54, 1.807) is 10.9 Å². The molecule has 0 aromatic carbocycles. The fourth-order valence-electron chi connectivity index (χ4n) is 3.25. The van der Waals surface area contributed by atoms with Gasteiger partial charge in [0.15, 0.2) is 0 Å². The molecule has 2 aliphatic rings. The molecule has 1 amide bonds. The lowest BCUT2D eigenvalue weighted by Crippen LogP contribution is -2.39. The summed E-state index contributed by atoms with van der Waals surface area (Å²) in [6.07, 6.45) is 11.7. The first-order valence-electron chi connectivity index (χ1n) is 7.85. The predicted molar refractivity (Wildman–Crippen MR) is 80.5 cm³/mol. The summed E-state index contributed by atoms with van der Waals surface area (Å²) in [7, 11) is 0. The monoisotopic (exact) mass is 303 g/mol. The summed E-state index contributed by atoms with van der Waals surface area (Å²) in [6, 6.07) is 0.184. The molecule has 2 heterocycles. The van der Waals surface area contributed by atoms with Crippen LogP contribution in [0.25, 0.3) is 0 Å². The zero-order chi connectivity index (χ0) is 15.5. The van der Waals surface area contributed by atoms with Gasteiger partial charge >= 0.3 is 5.97 Å². The second-order valence-electron chi connectivity index (χ2n) is 6.10. The Labute approximate surface area is 129 Å². The molecule has 1 aromatic heterocycles. The van der Waals surface area contributed by atoms with Crippen LogP contribution in [0, 0.1) is 5.92 Å². The molecule has 6 heteroatoms. The van der Waals surface area contributed by atoms with Crippen molar-refractivity contribution in [1.82, 2.24) is 14.7 Å². The van der Waals surface area contributed by atoms with E-state index in [-0.39, 0.29) is 17.5 Å². The number of aromatic carboxylic acids is 1. The highest BCUT2D eigenvalue weighted by Crippen LogP contribution is 2.25. The van der Waals surface area contributed by atoms with Gasteiger partial charge in [-0.25, -0.2) is 4.79 Å². The van der Waals surface area contributed by atoms with Crippen LogP contribution in [0.3, 0.4) is 0 Å². The number of piperidine rings is 1. The third-order valence-corrected chi connectivity index (χ3v) is 4.59. The van der Waals surface area contributed by atoms with Gasteiger partial charge in [0.2, 0.25) is 5.91 Å². The number of rotatable bonds is 4. The van der Waals surface area contributed by atoms with Gasteiger partial charge in [-0.05, 0) is 31.6 Å². The second-order valence-corrected chi connectivity index (χ2v) is 6.10. The van der Waals surface area contributed by atoms with E-state index in [4.69, 9.17) is 5.11 Å². The number of nitrogens with zero attached hydrogens (tertiary/aromatic N) is 3. The van der Waals surface area contributed by atoms with Crippen LogP contribution >= 0.6 is 0 Å². The highest BCUT2D eigenvalue weighted by atomic mass is 16.4. The van der Waals surface area contributed by atoms with E-state index in [0.29, 0.717) is 12.3 Å². The molecule has 0 saturated carbocycles. The number of amides is 1. The van der Waals surface area contributed by atoms with Crippen LogP contribution in [0.15, 0.2) is 24.5 Å². The van der Waals surface area contributed by atoms with Crippen molar-refractivity contribution < 1.29 is 14.7 Å². The average molecular weight is 303 g/mol. The van der Waals surface area contributed by atoms with E-state index in [1.165, 1.54) is 6.20 Å². The molecule has 0 radical (unpaired) electrons. The summed E-state index contributed by atoms with van der Waals surface area (Å²) < 4.78 is 1.73. The number of hydrogen-bond acceptors (Lipinski definition) is 3. The number of carboxylic acids is 1. The lowest BCUT2D eigenvalue weighted by molar-refractivity contribution is -0.133. The molecular weight excluding hydrogens is 282 g/mol. The number of aromatic nitrogens is 2. The molecule has 1 aliphatic heterocycles. The third kappa shape index (κ3) is 3.21. The summed E-state index contributed by atoms with van der Waals surface area (Å²) in [5, 5.41) is 13.1. The molecular formula is C16H21N3O3. The lowest BCUT2D eigenvalue weighted by atomic mass is 10.0. The Bertz CT molecular complexity index is 585. The standard InChI is InChI=1S/C16H21N3O3/c20-15(9-12-3-1-2-4-12)18-7-5-14(6-8-18)19-11-13(10-17-19)16(21)22/h1,3,10-12,14H,2,4-9H2,(H,21,22)/t12-/m1/s1. The van der Waals surface area contributed by atoms with Crippen LogP contribution in [-0.4, -0.2) is 44.8 Å². The van der Waals surface area contributed by atoms with Gasteiger partial charge in [0.05, 0.1) is 17.8 Å². The van der Waals surface area contributed by atoms with Crippen LogP contribution in [0.2, 0.25) is 0 Å². The van der Waals surface area contributed by atoms with Gasteiger partial charge in [0.1, 0.15) is 0 Å². The van der Waals surface area contributed by atoms with Crippen molar-refractivity contribution in [2.45, 2.75) is 38.1 Å². The average Bonchev–Trinajstić information content (AvgIpc) is 3.18. The molecule has 6 nitrogen and oxygen atoms in total. The third-order valence-electron chi connectivity index (χ3n) is 4.59. The summed E-state index contributed by atoms with van der Waals surface area (Å²) in [6.45, 7) is 1.45. The smallest absolute Gasteiger partial charge is 0.338 e. The van der Waals surface area contributed by atoms with E-state index in [2.05, 4.69) is 17.3 Å². The molecule has 0 bridgehead atoms. The van der Waals surface area contributed by atoms with Crippen LogP contribution in [0.1, 0.15) is 48.5 Å². The number of allylic oxidation sites excluding steroid dienone is 2. The number of likely N-dealkylation sites (tertiary alicyclic amines) is 1. The highest BCUT2D eigenvalue weighted by molar-refractivity contribution is 5.86. The molecule has 0 unspecified atom stereocenters. The Kier molecular flexibility index (Phi) is 4.27. The van der Waals surface area contributed by atoms with Crippen molar-refractivity contribution >= 4 is 11.9 Å². The molecule has 3 rings (SSSR count). The number of hydrogen-bond donors (Lipinski definition) is 1. The Morgan fingerprint density at radius 2 is 2.05 bits per heavy atom. The summed E-state index contributed by atoms with van der Waals surface area (Å²) in [4.78, 5) is 25.1. The van der Waals surface area contributed by atoms with Crippen LogP contribution in [0.5, 0.6) is 0 Å². The van der Waals surface area contributed by atoms with E-state index in [0.717, 1.165) is 38.8 Å². The maximum atomic E-state index is 12.3. The molecule has 22 heavy (non-hydrogen) atoms. The molecule has 1 aromatic rings. The number of carbonyl (C=O) groups is 2. The molecule has 1 fully saturated rings. The van der Waals surface area contributed by atoms with Crippen LogP contribution in [-0.2, 0) is 4.79 Å². The Hall–Kier alpha value is -2.11. The zero-order valence-corrected chi connectivity index (χ0v) is 12.5. The van der Waals surface area contributed by atoms with Gasteiger partial charge in [-0.3, -0.25) is 9.48 Å². The molecule has 118 valence electrons. The lowest BCUT2D eigenvalue weighted by Gasteiger charge is -2.32. The topological polar surface area (TPSA) is 75.4 Å². The van der Waals surface area contributed by atoms with Gasteiger partial charge in [-0.2, -0.15) is 5.10 Å². The fraction of sp³-hybridized carbons (Fsp3) is 0.562. The van der Waals surface area contributed by atoms with Gasteiger partial charge in [-0.15, -0.1) is 0 Å². The predicted octanol–water partition coefficient (Wildman–Crippen LogP) is 2.10. The summed E-state index contributed by atoms with van der Waals surface area (Å²) in [5.74, 6) is -0.306. The van der Waals surface area contributed by atoms with E-state index >= 15 is 0 Å². The van der Waals surface area contributed by atoms with Crippen molar-refractivity contribution in [3.8, 4) is 0 Å². The van der Waals surface area contributed by atoms with Crippen LogP contribution in [0.4, 0.5) is 0 Å². The Morgan fingerprint density at radius 1 is 1.27 bits per heavy atom. The maximum absolute atomic E-state index is 12.3. The van der Waals surface area contributed by atoms with Crippen LogP contribution < -0.4 is 0 Å². The van der Waals surface area contributed by atoms with E-state index in [1.807, 2.05) is 4.90 Å². The summed E-state index contributed by atoms with van der Waals surface area (Å²) in [5.41, 5.74) is 0.214. The largest absolute Gasteiger partial charge is 0.478 e. The van der Waals surface area contributed by atoms with Crippen molar-refractivity contribution in [2.75, 3.05) is 13.1 Å². The van der Waals surface area contributed by atoms with Gasteiger partial charge < -0.3 is 10.0 Å². The molecule has 1 atom stereocenters. The molecule has 1 N–H and O–H groups in total. The normalized spacial score (nSPS) is 22.2. The van der Waals surface area contributed by atoms with E-state index in [9.17, 15) is 9.59 Å². The van der Waals surface area contributed by atoms with Crippen molar-refractivity contribution in [3.05, 3.63) is 30.1 Å². The SMILES string of the molecule is O=C(O)c1cnn(C2CCN(C(=O)C[C@@H]3C=CCC3)CC2)c1. The maximum Gasteiger partial charge on any atom is 0.338 e. The first kappa shape index (κ1) is 14.8. The minimum Gasteiger partial charge on any atom is -0.478 e. The van der Waals surface area contributed by atoms with Crippen molar-refractivity contribution in [3.63, 3.8) is 0 Å². The van der Waals surface area contributed by atoms with Gasteiger partial charge in [0.25, 0.3) is 0 Å². The zero-order valence-electron chi connectivity index (χ0n) is 12.5. The van der Waals surface area contributed by atoms with Crippen molar-refractivity contribution in [1.29, 1.82) is 0 Å². The minimum atomic E-state index is -0.955. The van der Waals surface area contributed by atoms with E-state index < -0.39 is 5.97 Å². The minimum absolute atomic E-state index is 0.184. The first-order valence-corrected chi connectivity index (χ1v) is 7.85. The Balaban J connectivity index is 1.52. The Morgan fingerprint density at radius 3 is 2.64 bits per heavy atom. The number of carbonyl (C=O) groups excluding carboxylic acids is 1. The number of carboxylic acid groups (broad SMARTS) is 1. The molecule has 0 spiro atoms. The first-order chi connectivity index (χ1) is 10.6. The van der Waals surface area contributed by atoms with Gasteiger partial charge in [-0.1, -0.05) is 12.2 Å². The van der Waals surface area contributed by atoms with Gasteiger partial charge in [0, 0.05) is 25.7 Å². The van der Waals surface area contributed by atoms with Crippen molar-refractivity contribution in [2.24, 2.45) is 5.92 Å².